The van der Waals surface area contributed by atoms with Gasteiger partial charge in [-0.25, -0.2) is 4.79 Å². The first-order valence-corrected chi connectivity index (χ1v) is 6.48. The molecule has 18 heavy (non-hydrogen) atoms. The molecule has 0 aromatic rings. The predicted molar refractivity (Wildman–Crippen MR) is 70.6 cm³/mol. The van der Waals surface area contributed by atoms with E-state index in [0.29, 0.717) is 19.5 Å². The number of rotatable bonds is 9. The number of aliphatic carboxylic acids is 1. The molecule has 1 atom stereocenters. The fourth-order valence-electron chi connectivity index (χ4n) is 1.46. The summed E-state index contributed by atoms with van der Waals surface area (Å²) in [5.74, 6) is -1.26. The molecule has 0 aliphatic heterocycles. The van der Waals surface area contributed by atoms with E-state index < -0.39 is 11.9 Å². The third kappa shape index (κ3) is 7.89. The maximum absolute atomic E-state index is 11.4. The lowest BCUT2D eigenvalue weighted by Crippen LogP contribution is -2.41. The van der Waals surface area contributed by atoms with Crippen LogP contribution < -0.4 is 10.6 Å². The highest BCUT2D eigenvalue weighted by atomic mass is 16.4. The van der Waals surface area contributed by atoms with Crippen molar-refractivity contribution in [3.8, 4) is 0 Å². The monoisotopic (exact) mass is 259 g/mol. The summed E-state index contributed by atoms with van der Waals surface area (Å²) in [6, 6.07) is -0.236. The number of likely N-dealkylation sites (N-methyl/N-ethyl adjacent to an activating group) is 1. The molecule has 0 aliphatic carbocycles. The molecular weight excluding hydrogens is 234 g/mol. The van der Waals surface area contributed by atoms with Crippen molar-refractivity contribution in [3.05, 3.63) is 0 Å². The van der Waals surface area contributed by atoms with Crippen molar-refractivity contribution in [2.45, 2.75) is 27.2 Å². The van der Waals surface area contributed by atoms with Crippen LogP contribution in [-0.4, -0.2) is 54.7 Å². The molecule has 0 bridgehead atoms. The second-order valence-electron chi connectivity index (χ2n) is 4.24. The van der Waals surface area contributed by atoms with E-state index in [9.17, 15) is 9.59 Å². The number of nitrogens with zero attached hydrogens (tertiary/aromatic N) is 1. The second-order valence-corrected chi connectivity index (χ2v) is 4.24. The largest absolute Gasteiger partial charge is 0.481 e. The highest BCUT2D eigenvalue weighted by molar-refractivity contribution is 5.74. The van der Waals surface area contributed by atoms with Crippen LogP contribution in [-0.2, 0) is 4.79 Å². The summed E-state index contributed by atoms with van der Waals surface area (Å²) in [5, 5.41) is 14.1. The van der Waals surface area contributed by atoms with Crippen LogP contribution in [0.1, 0.15) is 27.2 Å². The molecule has 2 amide bonds. The van der Waals surface area contributed by atoms with E-state index in [-0.39, 0.29) is 6.03 Å². The Morgan fingerprint density at radius 2 is 1.72 bits per heavy atom. The number of hydrogen-bond acceptors (Lipinski definition) is 3. The van der Waals surface area contributed by atoms with Gasteiger partial charge in [0.05, 0.1) is 5.92 Å². The van der Waals surface area contributed by atoms with Gasteiger partial charge in [-0.1, -0.05) is 20.8 Å². The van der Waals surface area contributed by atoms with Crippen molar-refractivity contribution in [1.82, 2.24) is 15.5 Å². The molecule has 0 radical (unpaired) electrons. The number of carboxylic acids is 1. The van der Waals surface area contributed by atoms with Crippen LogP contribution in [0, 0.1) is 5.92 Å². The molecule has 0 saturated carbocycles. The number of carbonyl (C=O) groups excluding carboxylic acids is 1. The number of carbonyl (C=O) groups is 2. The van der Waals surface area contributed by atoms with Crippen LogP contribution >= 0.6 is 0 Å². The Hall–Kier alpha value is -1.30. The molecule has 0 fully saturated rings. The molecule has 0 aromatic heterocycles. The molecule has 6 heteroatoms. The van der Waals surface area contributed by atoms with Gasteiger partial charge in [0.2, 0.25) is 0 Å². The Morgan fingerprint density at radius 1 is 1.17 bits per heavy atom. The van der Waals surface area contributed by atoms with Crippen LogP contribution in [0.4, 0.5) is 4.79 Å². The smallest absolute Gasteiger partial charge is 0.314 e. The molecule has 0 saturated heterocycles. The zero-order valence-electron chi connectivity index (χ0n) is 11.5. The lowest BCUT2D eigenvalue weighted by molar-refractivity contribution is -0.141. The van der Waals surface area contributed by atoms with Crippen LogP contribution in [0.25, 0.3) is 0 Å². The summed E-state index contributed by atoms with van der Waals surface area (Å²) in [6.45, 7) is 9.53. The molecule has 6 nitrogen and oxygen atoms in total. The Labute approximate surface area is 109 Å². The SMILES string of the molecule is CCN(CC)CCNC(=O)NCCC(C)C(=O)O. The number of nitrogens with one attached hydrogen (secondary N) is 2. The summed E-state index contributed by atoms with van der Waals surface area (Å²) in [5.41, 5.74) is 0. The lowest BCUT2D eigenvalue weighted by atomic mass is 10.1. The van der Waals surface area contributed by atoms with Gasteiger partial charge in [0, 0.05) is 19.6 Å². The van der Waals surface area contributed by atoms with Crippen LogP contribution in [0.5, 0.6) is 0 Å². The van der Waals surface area contributed by atoms with Gasteiger partial charge in [0.25, 0.3) is 0 Å². The summed E-state index contributed by atoms with van der Waals surface area (Å²) in [6.07, 6.45) is 0.443. The average molecular weight is 259 g/mol. The molecule has 0 heterocycles. The van der Waals surface area contributed by atoms with Crippen molar-refractivity contribution >= 4 is 12.0 Å². The van der Waals surface area contributed by atoms with Crippen molar-refractivity contribution in [2.24, 2.45) is 5.92 Å². The summed E-state index contributed by atoms with van der Waals surface area (Å²) >= 11 is 0. The van der Waals surface area contributed by atoms with Crippen molar-refractivity contribution in [2.75, 3.05) is 32.7 Å². The van der Waals surface area contributed by atoms with Crippen molar-refractivity contribution < 1.29 is 14.7 Å². The van der Waals surface area contributed by atoms with Crippen molar-refractivity contribution in [3.63, 3.8) is 0 Å². The molecule has 106 valence electrons. The van der Waals surface area contributed by atoms with E-state index in [1.165, 1.54) is 0 Å². The molecule has 0 aliphatic rings. The maximum atomic E-state index is 11.4. The molecule has 1 unspecified atom stereocenters. The summed E-state index contributed by atoms with van der Waals surface area (Å²) < 4.78 is 0. The Morgan fingerprint density at radius 3 is 2.22 bits per heavy atom. The van der Waals surface area contributed by atoms with Gasteiger partial charge < -0.3 is 20.6 Å². The molecule has 0 aromatic carbocycles. The van der Waals surface area contributed by atoms with Gasteiger partial charge in [-0.15, -0.1) is 0 Å². The number of amides is 2. The fraction of sp³-hybridized carbons (Fsp3) is 0.833. The lowest BCUT2D eigenvalue weighted by Gasteiger charge is -2.18. The van der Waals surface area contributed by atoms with E-state index in [2.05, 4.69) is 29.4 Å². The molecule has 0 spiro atoms. The van der Waals surface area contributed by atoms with Gasteiger partial charge in [-0.3, -0.25) is 4.79 Å². The minimum Gasteiger partial charge on any atom is -0.481 e. The van der Waals surface area contributed by atoms with E-state index in [0.717, 1.165) is 19.6 Å². The Bertz CT molecular complexity index is 255. The average Bonchev–Trinajstić information content (AvgIpc) is 2.34. The van der Waals surface area contributed by atoms with Crippen LogP contribution in [0.3, 0.4) is 0 Å². The van der Waals surface area contributed by atoms with Crippen LogP contribution in [0.15, 0.2) is 0 Å². The number of carboxylic acid groups (broad SMARTS) is 1. The zero-order valence-corrected chi connectivity index (χ0v) is 11.5. The molecule has 3 N–H and O–H groups in total. The number of hydrogen-bond donors (Lipinski definition) is 3. The predicted octanol–water partition coefficient (Wildman–Crippen LogP) is 0.738. The maximum Gasteiger partial charge on any atom is 0.314 e. The molecule has 0 rings (SSSR count). The summed E-state index contributed by atoms with van der Waals surface area (Å²) in [4.78, 5) is 24.1. The summed E-state index contributed by atoms with van der Waals surface area (Å²) in [7, 11) is 0. The van der Waals surface area contributed by atoms with Crippen molar-refractivity contribution in [1.29, 1.82) is 0 Å². The first-order chi connectivity index (χ1) is 8.51. The minimum absolute atomic E-state index is 0.236. The van der Waals surface area contributed by atoms with E-state index in [1.807, 2.05) is 0 Å². The van der Waals surface area contributed by atoms with Crippen LogP contribution in [0.2, 0.25) is 0 Å². The number of urea groups is 1. The van der Waals surface area contributed by atoms with Gasteiger partial charge in [0.15, 0.2) is 0 Å². The van der Waals surface area contributed by atoms with Gasteiger partial charge in [-0.05, 0) is 19.5 Å². The highest BCUT2D eigenvalue weighted by Gasteiger charge is 2.10. The standard InChI is InChI=1S/C12H25N3O3/c1-4-15(5-2)9-8-14-12(18)13-7-6-10(3)11(16)17/h10H,4-9H2,1-3H3,(H,16,17)(H2,13,14,18). The normalized spacial score (nSPS) is 12.2. The first-order valence-electron chi connectivity index (χ1n) is 6.48. The van der Waals surface area contributed by atoms with E-state index >= 15 is 0 Å². The Balaban J connectivity index is 3.57. The van der Waals surface area contributed by atoms with Gasteiger partial charge in [0.1, 0.15) is 0 Å². The first kappa shape index (κ1) is 16.7. The van der Waals surface area contributed by atoms with Gasteiger partial charge in [-0.2, -0.15) is 0 Å². The molecular formula is C12H25N3O3. The third-order valence-electron chi connectivity index (χ3n) is 2.89. The second kappa shape index (κ2) is 9.70. The quantitative estimate of drug-likeness (QED) is 0.570. The fourth-order valence-corrected chi connectivity index (χ4v) is 1.46. The Kier molecular flexibility index (Phi) is 9.00. The highest BCUT2D eigenvalue weighted by Crippen LogP contribution is 1.99. The third-order valence-corrected chi connectivity index (χ3v) is 2.89. The minimum atomic E-state index is -0.834. The zero-order chi connectivity index (χ0) is 14.0. The van der Waals surface area contributed by atoms with Gasteiger partial charge >= 0.3 is 12.0 Å². The van der Waals surface area contributed by atoms with E-state index in [4.69, 9.17) is 5.11 Å². The topological polar surface area (TPSA) is 81.7 Å². The van der Waals surface area contributed by atoms with E-state index in [1.54, 1.807) is 6.92 Å².